The molecule has 2 aliphatic carbocycles. The van der Waals surface area contributed by atoms with Crippen LogP contribution >= 0.6 is 11.3 Å². The van der Waals surface area contributed by atoms with E-state index in [-0.39, 0.29) is 0 Å². The molecule has 1 heterocycles. The molecule has 1 aromatic heterocycles. The van der Waals surface area contributed by atoms with Crippen LogP contribution in [0.2, 0.25) is 0 Å². The van der Waals surface area contributed by atoms with E-state index in [0.717, 1.165) is 0 Å². The standard InChI is InChI=1S/C52H45NS/c1-4-14-34(15-5-1)40-28-26-36-27-29-44-47(35-16-6-2-7-17-35)33-48(46-31-30-43(40)50(36)51(44)46)53(38-19-8-3-9-20-38)39-21-12-18-37(32-39)41-23-13-24-45-42-22-10-11-25-49(42)54-52(41)45/h3,8-13,18-35H,1-2,4-7,14-17H2. The van der Waals surface area contributed by atoms with E-state index in [0.29, 0.717) is 11.8 Å². The lowest BCUT2D eigenvalue weighted by atomic mass is 9.78. The first kappa shape index (κ1) is 32.3. The summed E-state index contributed by atoms with van der Waals surface area (Å²) in [6.45, 7) is 0. The van der Waals surface area contributed by atoms with Crippen molar-refractivity contribution >= 4 is 80.9 Å². The van der Waals surface area contributed by atoms with Crippen molar-refractivity contribution in [2.24, 2.45) is 0 Å². The quantitative estimate of drug-likeness (QED) is 0.155. The molecule has 11 rings (SSSR count). The van der Waals surface area contributed by atoms with Crippen molar-refractivity contribution in [1.29, 1.82) is 0 Å². The summed E-state index contributed by atoms with van der Waals surface area (Å²) in [7, 11) is 0. The van der Waals surface area contributed by atoms with Crippen molar-refractivity contribution in [2.45, 2.75) is 76.0 Å². The summed E-state index contributed by atoms with van der Waals surface area (Å²) in [6, 6.07) is 53.5. The summed E-state index contributed by atoms with van der Waals surface area (Å²) in [6.07, 6.45) is 13.3. The largest absolute Gasteiger partial charge is 0.310 e. The summed E-state index contributed by atoms with van der Waals surface area (Å²) >= 11 is 1.91. The number of anilines is 3. The molecule has 0 saturated heterocycles. The Morgan fingerprint density at radius 2 is 1.09 bits per heavy atom. The molecule has 2 aliphatic rings. The Labute approximate surface area is 322 Å². The lowest BCUT2D eigenvalue weighted by molar-refractivity contribution is 0.445. The van der Waals surface area contributed by atoms with Gasteiger partial charge in [-0.15, -0.1) is 11.3 Å². The van der Waals surface area contributed by atoms with Crippen molar-refractivity contribution in [2.75, 3.05) is 4.90 Å². The number of thiophene rings is 1. The highest BCUT2D eigenvalue weighted by atomic mass is 32.1. The van der Waals surface area contributed by atoms with Gasteiger partial charge in [-0.2, -0.15) is 0 Å². The Bertz CT molecular complexity index is 2800. The molecular weight excluding hydrogens is 671 g/mol. The third kappa shape index (κ3) is 5.25. The van der Waals surface area contributed by atoms with Crippen molar-refractivity contribution in [3.63, 3.8) is 0 Å². The van der Waals surface area contributed by atoms with Crippen molar-refractivity contribution in [3.05, 3.63) is 151 Å². The average molecular weight is 716 g/mol. The van der Waals surface area contributed by atoms with Crippen LogP contribution in [0.5, 0.6) is 0 Å². The normalized spacial score (nSPS) is 16.0. The van der Waals surface area contributed by atoms with Gasteiger partial charge in [0.25, 0.3) is 0 Å². The highest BCUT2D eigenvalue weighted by Crippen LogP contribution is 2.50. The molecule has 0 radical (unpaired) electrons. The van der Waals surface area contributed by atoms with Crippen molar-refractivity contribution in [3.8, 4) is 11.1 Å². The molecule has 0 spiro atoms. The van der Waals surface area contributed by atoms with Gasteiger partial charge in [0, 0.05) is 36.9 Å². The van der Waals surface area contributed by atoms with Gasteiger partial charge >= 0.3 is 0 Å². The van der Waals surface area contributed by atoms with Gasteiger partial charge in [-0.3, -0.25) is 0 Å². The van der Waals surface area contributed by atoms with E-state index in [1.165, 1.54) is 145 Å². The highest BCUT2D eigenvalue weighted by molar-refractivity contribution is 7.26. The van der Waals surface area contributed by atoms with Gasteiger partial charge < -0.3 is 4.90 Å². The number of nitrogens with zero attached hydrogens (tertiary/aromatic N) is 1. The first-order chi connectivity index (χ1) is 26.8. The predicted octanol–water partition coefficient (Wildman–Crippen LogP) is 16.2. The molecule has 8 aromatic carbocycles. The van der Waals surface area contributed by atoms with Gasteiger partial charge in [0.05, 0.1) is 5.69 Å². The van der Waals surface area contributed by atoms with Gasteiger partial charge in [-0.25, -0.2) is 0 Å². The van der Waals surface area contributed by atoms with E-state index in [1.54, 1.807) is 11.1 Å². The molecule has 0 bridgehead atoms. The number of fused-ring (bicyclic) bond motifs is 3. The predicted molar refractivity (Wildman–Crippen MR) is 235 cm³/mol. The molecule has 1 nitrogen and oxygen atoms in total. The van der Waals surface area contributed by atoms with E-state index in [1.807, 2.05) is 11.3 Å². The van der Waals surface area contributed by atoms with Crippen LogP contribution in [-0.2, 0) is 0 Å². The molecule has 2 saturated carbocycles. The van der Waals surface area contributed by atoms with Crippen LogP contribution in [0.4, 0.5) is 17.1 Å². The Balaban J connectivity index is 1.17. The first-order valence-electron chi connectivity index (χ1n) is 20.4. The zero-order valence-corrected chi connectivity index (χ0v) is 31.7. The summed E-state index contributed by atoms with van der Waals surface area (Å²) < 4.78 is 2.70. The summed E-state index contributed by atoms with van der Waals surface area (Å²) in [5.41, 5.74) is 9.37. The third-order valence-corrected chi connectivity index (χ3v) is 14.2. The lowest BCUT2D eigenvalue weighted by Crippen LogP contribution is -2.13. The maximum absolute atomic E-state index is 2.60. The van der Waals surface area contributed by atoms with Gasteiger partial charge in [-0.1, -0.05) is 142 Å². The molecule has 54 heavy (non-hydrogen) atoms. The molecule has 0 N–H and O–H groups in total. The van der Waals surface area contributed by atoms with Crippen LogP contribution in [0, 0.1) is 0 Å². The number of hydrogen-bond acceptors (Lipinski definition) is 2. The smallest absolute Gasteiger partial charge is 0.0543 e. The van der Waals surface area contributed by atoms with Crippen molar-refractivity contribution in [1.82, 2.24) is 0 Å². The molecule has 0 atom stereocenters. The molecule has 0 aliphatic heterocycles. The zero-order valence-electron chi connectivity index (χ0n) is 30.9. The molecule has 2 heteroatoms. The minimum Gasteiger partial charge on any atom is -0.310 e. The number of para-hydroxylation sites is 1. The van der Waals surface area contributed by atoms with Gasteiger partial charge in [0.15, 0.2) is 0 Å². The van der Waals surface area contributed by atoms with Crippen LogP contribution in [0.15, 0.2) is 140 Å². The first-order valence-corrected chi connectivity index (χ1v) is 21.2. The monoisotopic (exact) mass is 715 g/mol. The third-order valence-electron chi connectivity index (χ3n) is 13.0. The second-order valence-electron chi connectivity index (χ2n) is 16.1. The maximum atomic E-state index is 2.60. The van der Waals surface area contributed by atoms with Gasteiger partial charge in [0.2, 0.25) is 0 Å². The molecule has 0 amide bonds. The Hall–Kier alpha value is -5.18. The fourth-order valence-corrected chi connectivity index (χ4v) is 11.7. The number of hydrogen-bond donors (Lipinski definition) is 0. The van der Waals surface area contributed by atoms with Crippen LogP contribution < -0.4 is 4.90 Å². The minimum atomic E-state index is 0.578. The second kappa shape index (κ2) is 13.3. The zero-order chi connectivity index (χ0) is 35.6. The summed E-state index contributed by atoms with van der Waals surface area (Å²) in [5, 5.41) is 11.3. The fraction of sp³-hybridized carbons (Fsp3) is 0.231. The van der Waals surface area contributed by atoms with Crippen LogP contribution in [0.3, 0.4) is 0 Å². The number of benzene rings is 8. The van der Waals surface area contributed by atoms with Crippen LogP contribution in [0.1, 0.15) is 87.2 Å². The molecule has 264 valence electrons. The van der Waals surface area contributed by atoms with E-state index < -0.39 is 0 Å². The fourth-order valence-electron chi connectivity index (χ4n) is 10.4. The maximum Gasteiger partial charge on any atom is 0.0543 e. The Morgan fingerprint density at radius 1 is 0.444 bits per heavy atom. The SMILES string of the molecule is c1ccc(N(c2cccc(-c3cccc4c3sc3ccccc34)c2)c2cc(C3CCCCC3)c3ccc4ccc(C5CCCCC5)c5ccc2c3c45)cc1. The van der Waals surface area contributed by atoms with E-state index in [9.17, 15) is 0 Å². The Morgan fingerprint density at radius 3 is 1.93 bits per heavy atom. The van der Waals surface area contributed by atoms with Crippen molar-refractivity contribution < 1.29 is 0 Å². The number of rotatable bonds is 6. The molecule has 0 unspecified atom stereocenters. The Kier molecular flexibility index (Phi) is 7.94. The topological polar surface area (TPSA) is 3.24 Å². The van der Waals surface area contributed by atoms with Gasteiger partial charge in [0.1, 0.15) is 0 Å². The van der Waals surface area contributed by atoms with Gasteiger partial charge in [-0.05, 0) is 123 Å². The van der Waals surface area contributed by atoms with E-state index in [4.69, 9.17) is 0 Å². The summed E-state index contributed by atoms with van der Waals surface area (Å²) in [4.78, 5) is 2.56. The lowest BCUT2D eigenvalue weighted by Gasteiger charge is -2.31. The molecule has 2 fully saturated rings. The minimum absolute atomic E-state index is 0.578. The second-order valence-corrected chi connectivity index (χ2v) is 17.1. The average Bonchev–Trinajstić information content (AvgIpc) is 3.63. The van der Waals surface area contributed by atoms with Crippen LogP contribution in [0.25, 0.3) is 63.6 Å². The summed E-state index contributed by atoms with van der Waals surface area (Å²) in [5.74, 6) is 1.24. The molecular formula is C52H45NS. The highest BCUT2D eigenvalue weighted by Gasteiger charge is 2.27. The van der Waals surface area contributed by atoms with E-state index >= 15 is 0 Å². The van der Waals surface area contributed by atoms with Crippen LogP contribution in [-0.4, -0.2) is 0 Å². The molecule has 9 aromatic rings. The van der Waals surface area contributed by atoms with E-state index in [2.05, 4.69) is 144 Å².